The molecule has 3 heteroatoms. The Balaban J connectivity index is 1.76. The summed E-state index contributed by atoms with van der Waals surface area (Å²) >= 11 is 0. The van der Waals surface area contributed by atoms with Gasteiger partial charge in [-0.3, -0.25) is 0 Å². The third-order valence-electron chi connectivity index (χ3n) is 3.78. The van der Waals surface area contributed by atoms with Gasteiger partial charge >= 0.3 is 0 Å². The lowest BCUT2D eigenvalue weighted by Gasteiger charge is -2.35. The molecule has 2 fully saturated rings. The maximum Gasteiger partial charge on any atom is 0.0620 e. The van der Waals surface area contributed by atoms with Gasteiger partial charge in [0, 0.05) is 24.7 Å². The molecule has 0 aromatic carbocycles. The smallest absolute Gasteiger partial charge is 0.0620 e. The highest BCUT2D eigenvalue weighted by Crippen LogP contribution is 2.22. The van der Waals surface area contributed by atoms with Crippen LogP contribution in [0.5, 0.6) is 0 Å². The van der Waals surface area contributed by atoms with Crippen LogP contribution in [-0.2, 0) is 4.74 Å². The molecule has 88 valence electrons. The van der Waals surface area contributed by atoms with E-state index in [4.69, 9.17) is 4.74 Å². The highest BCUT2D eigenvalue weighted by atomic mass is 16.5. The zero-order chi connectivity index (χ0) is 10.7. The summed E-state index contributed by atoms with van der Waals surface area (Å²) in [6.07, 6.45) is 6.59. The van der Waals surface area contributed by atoms with Crippen molar-refractivity contribution in [2.75, 3.05) is 27.3 Å². The van der Waals surface area contributed by atoms with E-state index in [9.17, 15) is 0 Å². The van der Waals surface area contributed by atoms with Gasteiger partial charge in [0.05, 0.1) is 6.61 Å². The van der Waals surface area contributed by atoms with Gasteiger partial charge in [-0.1, -0.05) is 6.42 Å². The normalized spacial score (nSPS) is 37.4. The van der Waals surface area contributed by atoms with Crippen LogP contribution in [0.25, 0.3) is 0 Å². The third kappa shape index (κ3) is 3.16. The monoisotopic (exact) mass is 212 g/mol. The number of nitrogens with zero attached hydrogens (tertiary/aromatic N) is 1. The summed E-state index contributed by atoms with van der Waals surface area (Å²) in [5.74, 6) is 0. The highest BCUT2D eigenvalue weighted by molar-refractivity contribution is 4.85. The minimum atomic E-state index is 0.621. The van der Waals surface area contributed by atoms with Gasteiger partial charge in [-0.25, -0.2) is 0 Å². The summed E-state index contributed by atoms with van der Waals surface area (Å²) in [7, 11) is 4.40. The molecule has 1 saturated heterocycles. The van der Waals surface area contributed by atoms with Gasteiger partial charge in [0.2, 0.25) is 0 Å². The van der Waals surface area contributed by atoms with E-state index >= 15 is 0 Å². The average molecular weight is 212 g/mol. The van der Waals surface area contributed by atoms with Crippen molar-refractivity contribution >= 4 is 0 Å². The van der Waals surface area contributed by atoms with Crippen LogP contribution in [0.1, 0.15) is 32.1 Å². The number of hydrogen-bond acceptors (Lipinski definition) is 3. The van der Waals surface area contributed by atoms with Crippen LogP contribution in [-0.4, -0.2) is 50.3 Å². The first kappa shape index (κ1) is 11.4. The third-order valence-corrected chi connectivity index (χ3v) is 3.78. The topological polar surface area (TPSA) is 24.5 Å². The maximum absolute atomic E-state index is 5.40. The molecule has 0 aromatic rings. The fourth-order valence-electron chi connectivity index (χ4n) is 2.78. The molecule has 0 spiro atoms. The van der Waals surface area contributed by atoms with Gasteiger partial charge < -0.3 is 15.0 Å². The van der Waals surface area contributed by atoms with Gasteiger partial charge in [0.15, 0.2) is 0 Å². The number of rotatable bonds is 3. The molecule has 0 radical (unpaired) electrons. The Morgan fingerprint density at radius 3 is 2.67 bits per heavy atom. The van der Waals surface area contributed by atoms with E-state index in [-0.39, 0.29) is 0 Å². The van der Waals surface area contributed by atoms with Gasteiger partial charge in [-0.05, 0) is 39.8 Å². The van der Waals surface area contributed by atoms with Gasteiger partial charge in [0.25, 0.3) is 0 Å². The van der Waals surface area contributed by atoms with E-state index in [1.54, 1.807) is 0 Å². The Kier molecular flexibility index (Phi) is 4.00. The van der Waals surface area contributed by atoms with Crippen LogP contribution in [0.4, 0.5) is 0 Å². The second kappa shape index (κ2) is 5.28. The molecule has 2 aliphatic rings. The molecule has 1 saturated carbocycles. The van der Waals surface area contributed by atoms with Gasteiger partial charge in [0.1, 0.15) is 0 Å². The van der Waals surface area contributed by atoms with Crippen molar-refractivity contribution in [2.45, 2.75) is 50.2 Å². The van der Waals surface area contributed by atoms with E-state index < -0.39 is 0 Å². The fraction of sp³-hybridized carbons (Fsp3) is 1.00. The number of ether oxygens (including phenoxy) is 1. The molecule has 0 amide bonds. The molecule has 2 rings (SSSR count). The second-order valence-corrected chi connectivity index (χ2v) is 5.21. The summed E-state index contributed by atoms with van der Waals surface area (Å²) in [5, 5.41) is 3.75. The zero-order valence-electron chi connectivity index (χ0n) is 10.0. The zero-order valence-corrected chi connectivity index (χ0v) is 10.0. The molecule has 0 bridgehead atoms. The van der Waals surface area contributed by atoms with E-state index in [1.807, 2.05) is 0 Å². The first-order valence-corrected chi connectivity index (χ1v) is 6.26. The van der Waals surface area contributed by atoms with Crippen LogP contribution in [0.2, 0.25) is 0 Å². The summed E-state index contributed by atoms with van der Waals surface area (Å²) in [4.78, 5) is 2.37. The quantitative estimate of drug-likeness (QED) is 0.762. The molecular weight excluding hydrogens is 188 g/mol. The van der Waals surface area contributed by atoms with Crippen LogP contribution in [0, 0.1) is 0 Å². The van der Waals surface area contributed by atoms with Crippen LogP contribution in [0.3, 0.4) is 0 Å². The lowest BCUT2D eigenvalue weighted by atomic mass is 9.90. The number of nitrogens with one attached hydrogen (secondary N) is 1. The Labute approximate surface area is 93.2 Å². The van der Waals surface area contributed by atoms with Crippen molar-refractivity contribution < 1.29 is 4.74 Å². The van der Waals surface area contributed by atoms with Gasteiger partial charge in [-0.15, -0.1) is 0 Å². The minimum absolute atomic E-state index is 0.621. The summed E-state index contributed by atoms with van der Waals surface area (Å²) in [6, 6.07) is 2.12. The molecule has 1 aliphatic carbocycles. The molecule has 0 aromatic heterocycles. The molecule has 15 heavy (non-hydrogen) atoms. The van der Waals surface area contributed by atoms with Gasteiger partial charge in [-0.2, -0.15) is 0 Å². The highest BCUT2D eigenvalue weighted by Gasteiger charge is 2.26. The average Bonchev–Trinajstić information content (AvgIpc) is 2.71. The largest absolute Gasteiger partial charge is 0.380 e. The fourth-order valence-corrected chi connectivity index (χ4v) is 2.78. The Morgan fingerprint density at radius 2 is 2.00 bits per heavy atom. The molecule has 1 aliphatic heterocycles. The van der Waals surface area contributed by atoms with E-state index in [1.165, 1.54) is 32.1 Å². The van der Waals surface area contributed by atoms with Crippen LogP contribution in [0.15, 0.2) is 0 Å². The maximum atomic E-state index is 5.40. The lowest BCUT2D eigenvalue weighted by molar-refractivity contribution is 0.171. The number of hydrogen-bond donors (Lipinski definition) is 1. The Hall–Kier alpha value is -0.120. The first-order valence-electron chi connectivity index (χ1n) is 6.26. The van der Waals surface area contributed by atoms with E-state index in [0.717, 1.165) is 25.3 Å². The van der Waals surface area contributed by atoms with E-state index in [2.05, 4.69) is 24.3 Å². The van der Waals surface area contributed by atoms with Crippen molar-refractivity contribution in [3.05, 3.63) is 0 Å². The summed E-state index contributed by atoms with van der Waals surface area (Å²) in [6.45, 7) is 1.87. The van der Waals surface area contributed by atoms with Crippen molar-refractivity contribution in [2.24, 2.45) is 0 Å². The van der Waals surface area contributed by atoms with Crippen molar-refractivity contribution in [1.29, 1.82) is 0 Å². The molecule has 1 N–H and O–H groups in total. The van der Waals surface area contributed by atoms with Crippen molar-refractivity contribution in [1.82, 2.24) is 10.2 Å². The van der Waals surface area contributed by atoms with Crippen molar-refractivity contribution in [3.63, 3.8) is 0 Å². The SMILES string of the molecule is CN(C)C1CCCC(NC2CCOC2)C1. The predicted octanol–water partition coefficient (Wildman–Crippen LogP) is 1.24. The molecule has 1 heterocycles. The molecule has 3 nitrogen and oxygen atoms in total. The summed E-state index contributed by atoms with van der Waals surface area (Å²) in [5.41, 5.74) is 0. The van der Waals surface area contributed by atoms with E-state index in [0.29, 0.717) is 6.04 Å². The van der Waals surface area contributed by atoms with Crippen molar-refractivity contribution in [3.8, 4) is 0 Å². The first-order chi connectivity index (χ1) is 7.25. The van der Waals surface area contributed by atoms with Crippen LogP contribution >= 0.6 is 0 Å². The molecule has 3 atom stereocenters. The Morgan fingerprint density at radius 1 is 1.13 bits per heavy atom. The lowest BCUT2D eigenvalue weighted by Crippen LogP contribution is -2.45. The minimum Gasteiger partial charge on any atom is -0.380 e. The second-order valence-electron chi connectivity index (χ2n) is 5.21. The molecule has 3 unspecified atom stereocenters. The molecular formula is C12H24N2O. The Bertz CT molecular complexity index is 188. The predicted molar refractivity (Wildman–Crippen MR) is 62.1 cm³/mol. The standard InChI is InChI=1S/C12H24N2O/c1-14(2)12-5-3-4-10(8-12)13-11-6-7-15-9-11/h10-13H,3-9H2,1-2H3. The van der Waals surface area contributed by atoms with Crippen LogP contribution < -0.4 is 5.32 Å². The summed E-state index contributed by atoms with van der Waals surface area (Å²) < 4.78 is 5.40.